The number of fused-ring (bicyclic) bond motifs is 1. The fraction of sp³-hybridized carbons (Fsp3) is 0.588. The van der Waals surface area contributed by atoms with E-state index in [9.17, 15) is 4.79 Å². The van der Waals surface area contributed by atoms with E-state index < -0.39 is 0 Å². The first-order valence-electron chi connectivity index (χ1n) is 8.87. The number of piperazine rings is 2. The number of likely N-dealkylation sites (N-methyl/N-ethyl adjacent to an activating group) is 2. The molecule has 2 aromatic rings. The molecule has 2 aromatic heterocycles. The van der Waals surface area contributed by atoms with E-state index in [4.69, 9.17) is 0 Å². The molecule has 4 heterocycles. The van der Waals surface area contributed by atoms with Gasteiger partial charge >= 0.3 is 0 Å². The molecular formula is C17H25N7O. The molecular weight excluding hydrogens is 318 g/mol. The van der Waals surface area contributed by atoms with Gasteiger partial charge in [0, 0.05) is 64.8 Å². The minimum Gasteiger partial charge on any atom is -0.338 e. The maximum absolute atomic E-state index is 12.8. The van der Waals surface area contributed by atoms with Crippen molar-refractivity contribution in [1.29, 1.82) is 0 Å². The summed E-state index contributed by atoms with van der Waals surface area (Å²) in [5.41, 5.74) is 0.686. The molecule has 2 saturated heterocycles. The van der Waals surface area contributed by atoms with Crippen molar-refractivity contribution in [3.8, 4) is 0 Å². The molecule has 0 aliphatic carbocycles. The summed E-state index contributed by atoms with van der Waals surface area (Å²) >= 11 is 0. The van der Waals surface area contributed by atoms with Gasteiger partial charge in [0.05, 0.1) is 10.9 Å². The van der Waals surface area contributed by atoms with Gasteiger partial charge in [-0.3, -0.25) is 4.79 Å². The van der Waals surface area contributed by atoms with E-state index in [1.807, 2.05) is 12.3 Å². The minimum atomic E-state index is -0.0352. The van der Waals surface area contributed by atoms with Crippen LogP contribution in [0.5, 0.6) is 0 Å². The maximum Gasteiger partial charge on any atom is 0.280 e. The Balaban J connectivity index is 1.62. The van der Waals surface area contributed by atoms with Crippen LogP contribution in [0.25, 0.3) is 10.9 Å². The first-order chi connectivity index (χ1) is 12.1. The fourth-order valence-electron chi connectivity index (χ4n) is 3.40. The molecule has 0 amide bonds. The lowest BCUT2D eigenvalue weighted by molar-refractivity contribution is 0.286. The Morgan fingerprint density at radius 2 is 1.56 bits per heavy atom. The molecule has 0 saturated carbocycles. The Kier molecular flexibility index (Phi) is 4.30. The molecule has 4 rings (SSSR count). The van der Waals surface area contributed by atoms with Crippen molar-refractivity contribution in [2.24, 2.45) is 0 Å². The lowest BCUT2D eigenvalue weighted by Crippen LogP contribution is -2.52. The second kappa shape index (κ2) is 6.61. The minimum absolute atomic E-state index is 0.0352. The third-order valence-corrected chi connectivity index (χ3v) is 5.19. The van der Waals surface area contributed by atoms with Crippen LogP contribution in [0.15, 0.2) is 23.3 Å². The van der Waals surface area contributed by atoms with Gasteiger partial charge in [-0.25, -0.2) is 14.6 Å². The van der Waals surface area contributed by atoms with Crippen LogP contribution in [0.2, 0.25) is 0 Å². The van der Waals surface area contributed by atoms with Gasteiger partial charge in [-0.2, -0.15) is 0 Å². The van der Waals surface area contributed by atoms with Gasteiger partial charge in [0.15, 0.2) is 0 Å². The molecule has 25 heavy (non-hydrogen) atoms. The van der Waals surface area contributed by atoms with Crippen LogP contribution >= 0.6 is 0 Å². The van der Waals surface area contributed by atoms with Crippen molar-refractivity contribution >= 4 is 16.9 Å². The van der Waals surface area contributed by atoms with E-state index in [0.29, 0.717) is 5.39 Å². The molecule has 0 aromatic carbocycles. The zero-order chi connectivity index (χ0) is 17.4. The normalized spacial score (nSPS) is 20.4. The standard InChI is InChI=1S/C17H25N7O/c1-20-5-9-22(10-6-20)17-18-13-14-15(19-17)3-4-24(16(14)25)23-11-7-21(2)8-12-23/h3-4,13H,5-12H2,1-2H3. The fourth-order valence-corrected chi connectivity index (χ4v) is 3.40. The Labute approximate surface area is 147 Å². The first-order valence-corrected chi connectivity index (χ1v) is 8.87. The smallest absolute Gasteiger partial charge is 0.280 e. The quantitative estimate of drug-likeness (QED) is 0.723. The number of rotatable bonds is 2. The van der Waals surface area contributed by atoms with E-state index in [-0.39, 0.29) is 5.56 Å². The highest BCUT2D eigenvalue weighted by molar-refractivity contribution is 5.77. The Bertz CT molecular complexity index is 804. The summed E-state index contributed by atoms with van der Waals surface area (Å²) in [6.07, 6.45) is 3.53. The third-order valence-electron chi connectivity index (χ3n) is 5.19. The summed E-state index contributed by atoms with van der Waals surface area (Å²) in [4.78, 5) is 28.7. The number of hydrogen-bond donors (Lipinski definition) is 0. The molecule has 8 nitrogen and oxygen atoms in total. The molecule has 2 aliphatic rings. The second-order valence-electron chi connectivity index (χ2n) is 6.98. The summed E-state index contributed by atoms with van der Waals surface area (Å²) in [6, 6.07) is 1.93. The van der Waals surface area contributed by atoms with Crippen LogP contribution in [0.1, 0.15) is 0 Å². The van der Waals surface area contributed by atoms with Gasteiger partial charge in [0.25, 0.3) is 5.56 Å². The Hall–Kier alpha value is -2.19. The Morgan fingerprint density at radius 3 is 2.24 bits per heavy atom. The van der Waals surface area contributed by atoms with E-state index in [2.05, 4.69) is 43.8 Å². The van der Waals surface area contributed by atoms with Crippen molar-refractivity contribution in [2.45, 2.75) is 0 Å². The van der Waals surface area contributed by atoms with Gasteiger partial charge in [-0.15, -0.1) is 0 Å². The van der Waals surface area contributed by atoms with Gasteiger partial charge < -0.3 is 19.7 Å². The van der Waals surface area contributed by atoms with E-state index >= 15 is 0 Å². The Morgan fingerprint density at radius 1 is 0.920 bits per heavy atom. The number of aromatic nitrogens is 3. The van der Waals surface area contributed by atoms with Crippen LogP contribution in [-0.2, 0) is 0 Å². The van der Waals surface area contributed by atoms with Crippen molar-refractivity contribution < 1.29 is 0 Å². The number of nitrogens with zero attached hydrogens (tertiary/aromatic N) is 7. The molecule has 0 unspecified atom stereocenters. The van der Waals surface area contributed by atoms with Crippen molar-refractivity contribution in [3.63, 3.8) is 0 Å². The average molecular weight is 343 g/mol. The maximum atomic E-state index is 12.8. The van der Waals surface area contributed by atoms with E-state index in [0.717, 1.165) is 63.8 Å². The highest BCUT2D eigenvalue weighted by atomic mass is 16.1. The molecule has 0 bridgehead atoms. The van der Waals surface area contributed by atoms with Gasteiger partial charge in [-0.1, -0.05) is 0 Å². The molecule has 2 fully saturated rings. The zero-order valence-electron chi connectivity index (χ0n) is 14.9. The van der Waals surface area contributed by atoms with Crippen molar-refractivity contribution in [2.75, 3.05) is 76.4 Å². The van der Waals surface area contributed by atoms with Crippen LogP contribution in [0.4, 0.5) is 5.95 Å². The van der Waals surface area contributed by atoms with E-state index in [1.54, 1.807) is 10.9 Å². The summed E-state index contributed by atoms with van der Waals surface area (Å²) in [5.74, 6) is 0.720. The van der Waals surface area contributed by atoms with Crippen LogP contribution in [0.3, 0.4) is 0 Å². The second-order valence-corrected chi connectivity index (χ2v) is 6.98. The largest absolute Gasteiger partial charge is 0.338 e. The summed E-state index contributed by atoms with van der Waals surface area (Å²) in [5, 5.41) is 2.68. The highest BCUT2D eigenvalue weighted by Gasteiger charge is 2.19. The summed E-state index contributed by atoms with van der Waals surface area (Å²) in [7, 11) is 4.23. The van der Waals surface area contributed by atoms with Crippen LogP contribution in [0, 0.1) is 0 Å². The van der Waals surface area contributed by atoms with Crippen molar-refractivity contribution in [3.05, 3.63) is 28.8 Å². The molecule has 8 heteroatoms. The third kappa shape index (κ3) is 3.19. The molecule has 0 radical (unpaired) electrons. The van der Waals surface area contributed by atoms with Crippen molar-refractivity contribution in [1.82, 2.24) is 24.4 Å². The molecule has 2 aliphatic heterocycles. The van der Waals surface area contributed by atoms with E-state index in [1.165, 1.54) is 0 Å². The van der Waals surface area contributed by atoms with Crippen LogP contribution < -0.4 is 15.5 Å². The summed E-state index contributed by atoms with van der Waals surface area (Å²) < 4.78 is 1.72. The lowest BCUT2D eigenvalue weighted by atomic mass is 10.3. The SMILES string of the molecule is CN1CCN(c2ncc3c(=O)n(N4CCN(C)CC4)ccc3n2)CC1. The molecule has 134 valence electrons. The molecule has 0 spiro atoms. The lowest BCUT2D eigenvalue weighted by Gasteiger charge is -2.34. The molecule has 0 N–H and O–H groups in total. The predicted molar refractivity (Wildman–Crippen MR) is 99.0 cm³/mol. The first kappa shape index (κ1) is 16.3. The number of hydrogen-bond acceptors (Lipinski definition) is 7. The topological polar surface area (TPSA) is 60.7 Å². The monoisotopic (exact) mass is 343 g/mol. The van der Waals surface area contributed by atoms with Gasteiger partial charge in [0.2, 0.25) is 5.95 Å². The average Bonchev–Trinajstić information content (AvgIpc) is 2.63. The molecule has 0 atom stereocenters. The summed E-state index contributed by atoms with van der Waals surface area (Å²) in [6.45, 7) is 7.47. The predicted octanol–water partition coefficient (Wildman–Crippen LogP) is -0.573. The van der Waals surface area contributed by atoms with Gasteiger partial charge in [-0.05, 0) is 20.2 Å². The number of anilines is 1. The highest BCUT2D eigenvalue weighted by Crippen LogP contribution is 2.14. The van der Waals surface area contributed by atoms with Gasteiger partial charge in [0.1, 0.15) is 0 Å². The van der Waals surface area contributed by atoms with Crippen LogP contribution in [-0.4, -0.2) is 90.9 Å². The zero-order valence-corrected chi connectivity index (χ0v) is 14.9. The number of pyridine rings is 1.